The Labute approximate surface area is 109 Å². The molecule has 0 atom stereocenters. The van der Waals surface area contributed by atoms with Crippen molar-refractivity contribution in [2.45, 2.75) is 33.1 Å². The maximum absolute atomic E-state index is 12.1. The molecule has 0 aliphatic carbocycles. The zero-order chi connectivity index (χ0) is 13.7. The Morgan fingerprint density at radius 1 is 1.44 bits per heavy atom. The number of amides is 1. The van der Waals surface area contributed by atoms with Gasteiger partial charge in [0, 0.05) is 26.6 Å². The summed E-state index contributed by atoms with van der Waals surface area (Å²) in [4.78, 5) is 22.3. The molecule has 0 aromatic carbocycles. The summed E-state index contributed by atoms with van der Waals surface area (Å²) < 4.78 is 0. The molecular weight excluding hydrogens is 228 g/mol. The van der Waals surface area contributed by atoms with E-state index in [0.29, 0.717) is 17.2 Å². The summed E-state index contributed by atoms with van der Waals surface area (Å²) in [5, 5.41) is 3.19. The lowest BCUT2D eigenvalue weighted by molar-refractivity contribution is 0.0822. The molecule has 0 spiro atoms. The van der Waals surface area contributed by atoms with Crippen LogP contribution >= 0.6 is 0 Å². The Morgan fingerprint density at radius 3 is 2.61 bits per heavy atom. The van der Waals surface area contributed by atoms with Gasteiger partial charge in [-0.25, -0.2) is 9.97 Å². The topological polar surface area (TPSA) is 58.1 Å². The van der Waals surface area contributed by atoms with Crippen molar-refractivity contribution in [3.8, 4) is 0 Å². The normalized spacial score (nSPS) is 10.6. The zero-order valence-corrected chi connectivity index (χ0v) is 11.8. The number of carbonyl (C=O) groups is 1. The van der Waals surface area contributed by atoms with Crippen molar-refractivity contribution in [3.05, 3.63) is 17.7 Å². The molecule has 0 radical (unpaired) electrons. The summed E-state index contributed by atoms with van der Waals surface area (Å²) in [6.07, 6.45) is 2.69. The Kier molecular flexibility index (Phi) is 5.07. The molecule has 1 aromatic heterocycles. The van der Waals surface area contributed by atoms with Gasteiger partial charge in [-0.15, -0.1) is 0 Å². The van der Waals surface area contributed by atoms with Gasteiger partial charge in [-0.2, -0.15) is 0 Å². The molecule has 0 aliphatic rings. The van der Waals surface area contributed by atoms with E-state index in [-0.39, 0.29) is 11.8 Å². The molecule has 5 heteroatoms. The predicted octanol–water partition coefficient (Wildman–Crippen LogP) is 2.12. The van der Waals surface area contributed by atoms with Crippen molar-refractivity contribution >= 4 is 11.6 Å². The van der Waals surface area contributed by atoms with E-state index in [4.69, 9.17) is 0 Å². The van der Waals surface area contributed by atoms with Crippen LogP contribution in [0.2, 0.25) is 0 Å². The first-order valence-electron chi connectivity index (χ1n) is 6.29. The van der Waals surface area contributed by atoms with Crippen LogP contribution in [0.25, 0.3) is 0 Å². The van der Waals surface area contributed by atoms with Crippen LogP contribution in [0.15, 0.2) is 6.20 Å². The highest BCUT2D eigenvalue weighted by atomic mass is 16.2. The number of hydrogen-bond donors (Lipinski definition) is 1. The number of nitrogens with zero attached hydrogens (tertiary/aromatic N) is 3. The maximum atomic E-state index is 12.1. The van der Waals surface area contributed by atoms with Crippen molar-refractivity contribution in [2.75, 3.05) is 26.0 Å². The Bertz CT molecular complexity index is 415. The lowest BCUT2D eigenvalue weighted by Crippen LogP contribution is -2.25. The number of rotatable bonds is 5. The largest absolute Gasteiger partial charge is 0.382 e. The monoisotopic (exact) mass is 250 g/mol. The van der Waals surface area contributed by atoms with E-state index in [1.54, 1.807) is 20.3 Å². The number of nitrogens with one attached hydrogen (secondary N) is 1. The fourth-order valence-corrected chi connectivity index (χ4v) is 1.44. The van der Waals surface area contributed by atoms with Gasteiger partial charge < -0.3 is 10.2 Å². The number of anilines is 1. The summed E-state index contributed by atoms with van der Waals surface area (Å²) in [7, 11) is 3.45. The number of carbonyl (C=O) groups excluding carboxylic acids is 1. The molecule has 0 saturated carbocycles. The predicted molar refractivity (Wildman–Crippen MR) is 72.9 cm³/mol. The molecular formula is C13H22N4O. The van der Waals surface area contributed by atoms with Crippen molar-refractivity contribution in [3.63, 3.8) is 0 Å². The van der Waals surface area contributed by atoms with E-state index < -0.39 is 0 Å². The van der Waals surface area contributed by atoms with Gasteiger partial charge in [-0.1, -0.05) is 20.8 Å². The standard InChI is InChI=1S/C13H22N4O/c1-6-7-14-10-8-15-12(9(2)3)16-11(10)13(18)17(4)5/h8-9,14H,6-7H2,1-5H3. The van der Waals surface area contributed by atoms with Crippen LogP contribution in [0.3, 0.4) is 0 Å². The molecule has 0 bridgehead atoms. The average Bonchev–Trinajstić information content (AvgIpc) is 2.34. The SMILES string of the molecule is CCCNc1cnc(C(C)C)nc1C(=O)N(C)C. The molecule has 1 heterocycles. The van der Waals surface area contributed by atoms with Crippen LogP contribution in [0.4, 0.5) is 5.69 Å². The lowest BCUT2D eigenvalue weighted by Gasteiger charge is -2.15. The molecule has 1 rings (SSSR count). The maximum Gasteiger partial charge on any atom is 0.274 e. The van der Waals surface area contributed by atoms with Gasteiger partial charge in [0.15, 0.2) is 5.69 Å². The van der Waals surface area contributed by atoms with Gasteiger partial charge in [0.1, 0.15) is 5.82 Å². The molecule has 0 unspecified atom stereocenters. The second-order valence-electron chi connectivity index (χ2n) is 4.77. The van der Waals surface area contributed by atoms with Crippen LogP contribution in [0.5, 0.6) is 0 Å². The van der Waals surface area contributed by atoms with E-state index in [1.165, 1.54) is 4.90 Å². The highest BCUT2D eigenvalue weighted by Gasteiger charge is 2.17. The van der Waals surface area contributed by atoms with E-state index in [9.17, 15) is 4.79 Å². The molecule has 5 nitrogen and oxygen atoms in total. The zero-order valence-electron chi connectivity index (χ0n) is 11.8. The summed E-state index contributed by atoms with van der Waals surface area (Å²) in [6.45, 7) is 6.90. The first kappa shape index (κ1) is 14.4. The van der Waals surface area contributed by atoms with E-state index in [0.717, 1.165) is 13.0 Å². The Hall–Kier alpha value is -1.65. The smallest absolute Gasteiger partial charge is 0.274 e. The second-order valence-corrected chi connectivity index (χ2v) is 4.77. The second kappa shape index (κ2) is 6.33. The van der Waals surface area contributed by atoms with Gasteiger partial charge in [0.25, 0.3) is 5.91 Å². The molecule has 0 fully saturated rings. The van der Waals surface area contributed by atoms with Crippen molar-refractivity contribution in [1.82, 2.24) is 14.9 Å². The highest BCUT2D eigenvalue weighted by molar-refractivity contribution is 5.97. The Morgan fingerprint density at radius 2 is 2.11 bits per heavy atom. The van der Waals surface area contributed by atoms with Crippen molar-refractivity contribution in [1.29, 1.82) is 0 Å². The minimum absolute atomic E-state index is 0.0992. The van der Waals surface area contributed by atoms with Crippen LogP contribution < -0.4 is 5.32 Å². The summed E-state index contributed by atoms with van der Waals surface area (Å²) in [5.41, 5.74) is 1.16. The van der Waals surface area contributed by atoms with Gasteiger partial charge in [0.05, 0.1) is 11.9 Å². The fourth-order valence-electron chi connectivity index (χ4n) is 1.44. The molecule has 18 heavy (non-hydrogen) atoms. The van der Waals surface area contributed by atoms with Crippen LogP contribution in [-0.4, -0.2) is 41.4 Å². The third kappa shape index (κ3) is 3.42. The fraction of sp³-hybridized carbons (Fsp3) is 0.615. The van der Waals surface area contributed by atoms with Crippen molar-refractivity contribution < 1.29 is 4.79 Å². The molecule has 1 N–H and O–H groups in total. The molecule has 1 aromatic rings. The molecule has 1 amide bonds. The van der Waals surface area contributed by atoms with Gasteiger partial charge in [-0.05, 0) is 6.42 Å². The van der Waals surface area contributed by atoms with Gasteiger partial charge >= 0.3 is 0 Å². The third-order valence-electron chi connectivity index (χ3n) is 2.50. The van der Waals surface area contributed by atoms with Crippen LogP contribution in [0.1, 0.15) is 49.4 Å². The van der Waals surface area contributed by atoms with Crippen LogP contribution in [-0.2, 0) is 0 Å². The number of aromatic nitrogens is 2. The van der Waals surface area contributed by atoms with Crippen LogP contribution in [0, 0.1) is 0 Å². The van der Waals surface area contributed by atoms with E-state index in [2.05, 4.69) is 22.2 Å². The summed E-state index contributed by atoms with van der Waals surface area (Å²) in [6, 6.07) is 0. The van der Waals surface area contributed by atoms with E-state index in [1.807, 2.05) is 13.8 Å². The average molecular weight is 250 g/mol. The van der Waals surface area contributed by atoms with Gasteiger partial charge in [0.2, 0.25) is 0 Å². The first-order chi connectivity index (χ1) is 8.47. The van der Waals surface area contributed by atoms with E-state index >= 15 is 0 Å². The Balaban J connectivity index is 3.13. The van der Waals surface area contributed by atoms with Gasteiger partial charge in [-0.3, -0.25) is 4.79 Å². The van der Waals surface area contributed by atoms with Crippen molar-refractivity contribution in [2.24, 2.45) is 0 Å². The first-order valence-corrected chi connectivity index (χ1v) is 6.29. The molecule has 100 valence electrons. The third-order valence-corrected chi connectivity index (χ3v) is 2.50. The molecule has 0 aliphatic heterocycles. The summed E-state index contributed by atoms with van der Waals surface area (Å²) >= 11 is 0. The molecule has 0 saturated heterocycles. The number of hydrogen-bond acceptors (Lipinski definition) is 4. The minimum atomic E-state index is -0.0992. The lowest BCUT2D eigenvalue weighted by atomic mass is 10.2. The summed E-state index contributed by atoms with van der Waals surface area (Å²) in [5.74, 6) is 0.805. The highest BCUT2D eigenvalue weighted by Crippen LogP contribution is 2.17. The quantitative estimate of drug-likeness (QED) is 0.869. The minimum Gasteiger partial charge on any atom is -0.382 e.